The summed E-state index contributed by atoms with van der Waals surface area (Å²) in [5.74, 6) is -0.319. The Kier molecular flexibility index (Phi) is 5.67. The molecule has 1 saturated heterocycles. The van der Waals surface area contributed by atoms with Gasteiger partial charge in [0, 0.05) is 23.2 Å². The third-order valence-corrected chi connectivity index (χ3v) is 7.42. The largest absolute Gasteiger partial charge is 0.376 e. The predicted molar refractivity (Wildman–Crippen MR) is 118 cm³/mol. The molecule has 11 heteroatoms. The van der Waals surface area contributed by atoms with Crippen molar-refractivity contribution < 1.29 is 13.2 Å². The highest BCUT2D eigenvalue weighted by Crippen LogP contribution is 2.26. The molecule has 0 aliphatic carbocycles. The Bertz CT molecular complexity index is 1260. The Morgan fingerprint density at radius 3 is 2.53 bits per heavy atom. The number of nitrogens with zero attached hydrogens (tertiary/aromatic N) is 1. The quantitative estimate of drug-likeness (QED) is 0.419. The molecule has 1 amide bonds. The van der Waals surface area contributed by atoms with E-state index in [9.17, 15) is 18.0 Å². The number of aromatic nitrogens is 2. The lowest BCUT2D eigenvalue weighted by Gasteiger charge is -2.16. The number of amides is 1. The van der Waals surface area contributed by atoms with E-state index in [-0.39, 0.29) is 23.0 Å². The van der Waals surface area contributed by atoms with E-state index >= 15 is 0 Å². The number of nitrogens with one attached hydrogen (secondary N) is 4. The number of H-pyrrole nitrogens is 2. The van der Waals surface area contributed by atoms with Crippen molar-refractivity contribution in [1.29, 1.82) is 0 Å². The fraction of sp³-hybridized carbons (Fsp3) is 0.263. The van der Waals surface area contributed by atoms with Gasteiger partial charge in [0.15, 0.2) is 0 Å². The van der Waals surface area contributed by atoms with E-state index in [4.69, 9.17) is 0 Å². The number of hydrogen-bond donors (Lipinski definition) is 4. The fourth-order valence-corrected chi connectivity index (χ4v) is 5.38. The molecule has 0 spiro atoms. The summed E-state index contributed by atoms with van der Waals surface area (Å²) in [4.78, 5) is 29.3. The van der Waals surface area contributed by atoms with Crippen LogP contribution in [0.4, 0.5) is 11.4 Å². The van der Waals surface area contributed by atoms with E-state index < -0.39 is 10.0 Å². The lowest BCUT2D eigenvalue weighted by atomic mass is 10.2. The number of fused-ring (bicyclic) bond motifs is 1. The molecule has 0 radical (unpaired) electrons. The molecule has 1 aliphatic heterocycles. The van der Waals surface area contributed by atoms with Crippen LogP contribution in [0.1, 0.15) is 12.8 Å². The number of aromatic amines is 2. The molecule has 4 N–H and O–H groups in total. The maximum absolute atomic E-state index is 12.7. The first kappa shape index (κ1) is 20.6. The number of benzene rings is 2. The van der Waals surface area contributed by atoms with Crippen molar-refractivity contribution in [2.45, 2.75) is 17.7 Å². The summed E-state index contributed by atoms with van der Waals surface area (Å²) < 4.78 is 27.5. The molecule has 0 bridgehead atoms. The number of anilines is 2. The van der Waals surface area contributed by atoms with Gasteiger partial charge in [0.25, 0.3) is 0 Å². The third-order valence-electron chi connectivity index (χ3n) is 4.87. The van der Waals surface area contributed by atoms with Crippen molar-refractivity contribution in [2.24, 2.45) is 0 Å². The van der Waals surface area contributed by atoms with Crippen molar-refractivity contribution >= 4 is 54.3 Å². The van der Waals surface area contributed by atoms with Crippen LogP contribution in [0.25, 0.3) is 11.0 Å². The molecule has 3 aromatic rings. The average molecular weight is 494 g/mol. The Morgan fingerprint density at radius 1 is 1.10 bits per heavy atom. The maximum Gasteiger partial charge on any atom is 0.323 e. The number of imidazole rings is 1. The Labute approximate surface area is 181 Å². The molecular weight excluding hydrogens is 474 g/mol. The second kappa shape index (κ2) is 8.25. The number of sulfonamides is 1. The van der Waals surface area contributed by atoms with Crippen LogP contribution >= 0.6 is 15.9 Å². The zero-order valence-electron chi connectivity index (χ0n) is 15.9. The average Bonchev–Trinajstić information content (AvgIpc) is 3.36. The first-order valence-corrected chi connectivity index (χ1v) is 11.6. The van der Waals surface area contributed by atoms with Gasteiger partial charge in [-0.2, -0.15) is 4.31 Å². The molecule has 9 nitrogen and oxygen atoms in total. The number of halogens is 1. The minimum Gasteiger partial charge on any atom is -0.376 e. The van der Waals surface area contributed by atoms with Crippen molar-refractivity contribution in [3.05, 3.63) is 51.4 Å². The number of carbonyl (C=O) groups excluding carboxylic acids is 1. The van der Waals surface area contributed by atoms with E-state index in [0.717, 1.165) is 12.8 Å². The zero-order chi connectivity index (χ0) is 21.3. The molecule has 1 aliphatic rings. The summed E-state index contributed by atoms with van der Waals surface area (Å²) in [5.41, 5.74) is 1.92. The van der Waals surface area contributed by atoms with E-state index in [1.807, 2.05) is 0 Å². The normalized spacial score (nSPS) is 14.8. The number of carbonyl (C=O) groups is 1. The fourth-order valence-electron chi connectivity index (χ4n) is 3.37. The molecule has 0 atom stereocenters. The van der Waals surface area contributed by atoms with Crippen LogP contribution in [-0.2, 0) is 14.8 Å². The SMILES string of the molecule is O=C(CNc1cccc(S(=O)(=O)N2CCCC2)c1)Nc1cc2[nH]c(=O)[nH]c2cc1Br. The highest BCUT2D eigenvalue weighted by molar-refractivity contribution is 9.10. The second-order valence-corrected chi connectivity index (χ2v) is 9.79. The van der Waals surface area contributed by atoms with Crippen molar-refractivity contribution in [2.75, 3.05) is 30.3 Å². The third kappa shape index (κ3) is 4.27. The summed E-state index contributed by atoms with van der Waals surface area (Å²) in [7, 11) is -3.52. The van der Waals surface area contributed by atoms with Gasteiger partial charge < -0.3 is 20.6 Å². The summed E-state index contributed by atoms with van der Waals surface area (Å²) in [6.07, 6.45) is 1.74. The molecular formula is C19H20BrN5O4S. The Morgan fingerprint density at radius 2 is 1.80 bits per heavy atom. The van der Waals surface area contributed by atoms with Crippen LogP contribution in [0.5, 0.6) is 0 Å². The van der Waals surface area contributed by atoms with Gasteiger partial charge in [0.2, 0.25) is 15.9 Å². The predicted octanol–water partition coefficient (Wildman–Crippen LogP) is 2.45. The van der Waals surface area contributed by atoms with Gasteiger partial charge >= 0.3 is 5.69 Å². The smallest absolute Gasteiger partial charge is 0.323 e. The first-order valence-electron chi connectivity index (χ1n) is 9.38. The van der Waals surface area contributed by atoms with Crippen molar-refractivity contribution in [1.82, 2.24) is 14.3 Å². The molecule has 2 aromatic carbocycles. The number of rotatable bonds is 6. The van der Waals surface area contributed by atoms with Gasteiger partial charge in [-0.25, -0.2) is 13.2 Å². The standard InChI is InChI=1S/C19H20BrN5O4S/c20-14-9-16-17(24-19(27)23-16)10-15(14)22-18(26)11-21-12-4-3-5-13(8-12)30(28,29)25-6-1-2-7-25/h3-5,8-10,21H,1-2,6-7,11H2,(H,22,26)(H2,23,24,27). The highest BCUT2D eigenvalue weighted by atomic mass is 79.9. The van der Waals surface area contributed by atoms with E-state index in [1.165, 1.54) is 10.4 Å². The van der Waals surface area contributed by atoms with Gasteiger partial charge in [-0.3, -0.25) is 4.79 Å². The topological polar surface area (TPSA) is 127 Å². The van der Waals surface area contributed by atoms with Gasteiger partial charge in [-0.1, -0.05) is 6.07 Å². The Hall–Kier alpha value is -2.63. The molecule has 1 aromatic heterocycles. The monoisotopic (exact) mass is 493 g/mol. The van der Waals surface area contributed by atoms with Crippen molar-refractivity contribution in [3.8, 4) is 0 Å². The van der Waals surface area contributed by atoms with Crippen LogP contribution in [-0.4, -0.2) is 48.2 Å². The molecule has 4 rings (SSSR count). The number of hydrogen-bond acceptors (Lipinski definition) is 5. The van der Waals surface area contributed by atoms with Gasteiger partial charge in [-0.05, 0) is 59.1 Å². The highest BCUT2D eigenvalue weighted by Gasteiger charge is 2.27. The van der Waals surface area contributed by atoms with Crippen LogP contribution in [0.3, 0.4) is 0 Å². The summed E-state index contributed by atoms with van der Waals surface area (Å²) in [5, 5.41) is 5.71. The van der Waals surface area contributed by atoms with E-state index in [1.54, 1.807) is 30.3 Å². The van der Waals surface area contributed by atoms with Crippen LogP contribution in [0.2, 0.25) is 0 Å². The van der Waals surface area contributed by atoms with Crippen LogP contribution < -0.4 is 16.3 Å². The van der Waals surface area contributed by atoms with Crippen molar-refractivity contribution in [3.63, 3.8) is 0 Å². The van der Waals surface area contributed by atoms with Gasteiger partial charge in [0.05, 0.1) is 28.2 Å². The second-order valence-electron chi connectivity index (χ2n) is 7.00. The maximum atomic E-state index is 12.7. The van der Waals surface area contributed by atoms with Crippen LogP contribution in [0.15, 0.2) is 50.6 Å². The summed E-state index contributed by atoms with van der Waals surface area (Å²) in [6, 6.07) is 9.80. The molecule has 2 heterocycles. The van der Waals surface area contributed by atoms with Crippen LogP contribution in [0, 0.1) is 0 Å². The Balaban J connectivity index is 1.43. The summed E-state index contributed by atoms with van der Waals surface area (Å²) in [6.45, 7) is 1.02. The lowest BCUT2D eigenvalue weighted by Crippen LogP contribution is -2.28. The lowest BCUT2D eigenvalue weighted by molar-refractivity contribution is -0.114. The van der Waals surface area contributed by atoms with Gasteiger partial charge in [-0.15, -0.1) is 0 Å². The minimum atomic E-state index is -3.52. The van der Waals surface area contributed by atoms with Gasteiger partial charge in [0.1, 0.15) is 0 Å². The first-order chi connectivity index (χ1) is 14.3. The molecule has 30 heavy (non-hydrogen) atoms. The zero-order valence-corrected chi connectivity index (χ0v) is 18.3. The molecule has 158 valence electrons. The minimum absolute atomic E-state index is 0.0542. The summed E-state index contributed by atoms with van der Waals surface area (Å²) >= 11 is 3.37. The molecule has 1 fully saturated rings. The molecule has 0 unspecified atom stereocenters. The van der Waals surface area contributed by atoms with E-state index in [2.05, 4.69) is 36.5 Å². The molecule has 0 saturated carbocycles. The van der Waals surface area contributed by atoms with E-state index in [0.29, 0.717) is 40.0 Å².